The molecular weight excluding hydrogens is 364 g/mol. The molecule has 6 heteroatoms. The molecule has 0 radical (unpaired) electrons. The number of aryl methyl sites for hydroxylation is 2. The van der Waals surface area contributed by atoms with E-state index in [2.05, 4.69) is 34.1 Å². The summed E-state index contributed by atoms with van der Waals surface area (Å²) >= 11 is 0. The summed E-state index contributed by atoms with van der Waals surface area (Å²) in [6, 6.07) is 8.13. The lowest BCUT2D eigenvalue weighted by Gasteiger charge is -2.34. The number of carbonyl (C=O) groups excluding carboxylic acids is 1. The smallest absolute Gasteiger partial charge is 0.253 e. The van der Waals surface area contributed by atoms with Gasteiger partial charge in [-0.25, -0.2) is 0 Å². The Morgan fingerprint density at radius 2 is 2.07 bits per heavy atom. The van der Waals surface area contributed by atoms with E-state index in [9.17, 15) is 4.79 Å². The van der Waals surface area contributed by atoms with E-state index < -0.39 is 0 Å². The summed E-state index contributed by atoms with van der Waals surface area (Å²) in [6.45, 7) is 8.19. The zero-order valence-corrected chi connectivity index (χ0v) is 17.2. The number of hydrogen-bond donors (Lipinski definition) is 1. The lowest BCUT2D eigenvalue weighted by atomic mass is 9.87. The molecule has 1 unspecified atom stereocenters. The average Bonchev–Trinajstić information content (AvgIpc) is 3.30. The fourth-order valence-electron chi connectivity index (χ4n) is 4.73. The van der Waals surface area contributed by atoms with Crippen LogP contribution in [0.2, 0.25) is 0 Å². The quantitative estimate of drug-likeness (QED) is 0.740. The van der Waals surface area contributed by atoms with Crippen LogP contribution in [0.25, 0.3) is 10.9 Å². The summed E-state index contributed by atoms with van der Waals surface area (Å²) in [6.07, 6.45) is 3.46. The van der Waals surface area contributed by atoms with E-state index in [1.54, 1.807) is 0 Å². The van der Waals surface area contributed by atoms with Crippen LogP contribution in [0, 0.1) is 12.8 Å². The van der Waals surface area contributed by atoms with Gasteiger partial charge < -0.3 is 14.4 Å². The van der Waals surface area contributed by atoms with Crippen LogP contribution in [0.5, 0.6) is 0 Å². The van der Waals surface area contributed by atoms with Crippen LogP contribution >= 0.6 is 0 Å². The largest absolute Gasteiger partial charge is 0.360 e. The van der Waals surface area contributed by atoms with Gasteiger partial charge in [-0.1, -0.05) is 12.1 Å². The second-order valence-corrected chi connectivity index (χ2v) is 8.69. The van der Waals surface area contributed by atoms with Crippen molar-refractivity contribution in [2.75, 3.05) is 26.2 Å². The van der Waals surface area contributed by atoms with Crippen LogP contribution in [0.3, 0.4) is 0 Å². The molecule has 1 aromatic carbocycles. The number of carbonyl (C=O) groups is 1. The highest BCUT2D eigenvalue weighted by Crippen LogP contribution is 2.32. The van der Waals surface area contributed by atoms with Crippen LogP contribution in [0.15, 0.2) is 28.8 Å². The summed E-state index contributed by atoms with van der Waals surface area (Å²) < 4.78 is 5.32. The topological polar surface area (TPSA) is 65.4 Å². The molecule has 5 rings (SSSR count). The minimum Gasteiger partial charge on any atom is -0.360 e. The molecule has 0 bridgehead atoms. The predicted octanol–water partition coefficient (Wildman–Crippen LogP) is 3.55. The Balaban J connectivity index is 1.28. The van der Waals surface area contributed by atoms with E-state index in [1.807, 2.05) is 24.0 Å². The number of piperazine rings is 1. The summed E-state index contributed by atoms with van der Waals surface area (Å²) in [5.74, 6) is 1.74. The first-order chi connectivity index (χ1) is 14.1. The monoisotopic (exact) mass is 392 g/mol. The number of fused-ring (bicyclic) bond motifs is 3. The van der Waals surface area contributed by atoms with Gasteiger partial charge in [-0.2, -0.15) is 0 Å². The van der Waals surface area contributed by atoms with E-state index in [-0.39, 0.29) is 5.91 Å². The van der Waals surface area contributed by atoms with Crippen molar-refractivity contribution < 1.29 is 9.32 Å². The fourth-order valence-corrected chi connectivity index (χ4v) is 4.73. The average molecular weight is 393 g/mol. The zero-order chi connectivity index (χ0) is 20.0. The summed E-state index contributed by atoms with van der Waals surface area (Å²) in [7, 11) is 0. The van der Waals surface area contributed by atoms with Gasteiger partial charge in [-0.3, -0.25) is 9.69 Å². The molecule has 152 valence electrons. The third-order valence-corrected chi connectivity index (χ3v) is 6.40. The van der Waals surface area contributed by atoms with Gasteiger partial charge in [0.1, 0.15) is 0 Å². The fraction of sp³-hybridized carbons (Fsp3) is 0.478. The number of benzene rings is 1. The Labute approximate surface area is 170 Å². The molecule has 1 amide bonds. The lowest BCUT2D eigenvalue weighted by molar-refractivity contribution is 0.0617. The molecule has 0 saturated carbocycles. The highest BCUT2D eigenvalue weighted by atomic mass is 16.5. The molecule has 0 spiro atoms. The van der Waals surface area contributed by atoms with Gasteiger partial charge in [0.15, 0.2) is 5.76 Å². The maximum Gasteiger partial charge on any atom is 0.253 e. The SMILES string of the molecule is Cc1cc(CN2CCN(C(=O)c3ccc4[nH]c5c(c4c3)CC(C)CC5)CC2)on1. The lowest BCUT2D eigenvalue weighted by Crippen LogP contribution is -2.48. The Hall–Kier alpha value is -2.60. The van der Waals surface area contributed by atoms with Gasteiger partial charge in [-0.15, -0.1) is 0 Å². The van der Waals surface area contributed by atoms with Gasteiger partial charge in [0, 0.05) is 54.4 Å². The Morgan fingerprint density at radius 1 is 1.24 bits per heavy atom. The number of hydrogen-bond acceptors (Lipinski definition) is 4. The first kappa shape index (κ1) is 18.4. The number of rotatable bonds is 3. The molecule has 1 aliphatic heterocycles. The van der Waals surface area contributed by atoms with Crippen LogP contribution in [-0.4, -0.2) is 52.0 Å². The molecule has 1 aliphatic carbocycles. The standard InChI is InChI=1S/C23H28N4O2/c1-15-3-5-21-19(11-15)20-13-17(4-6-22(20)24-21)23(28)27-9-7-26(8-10-27)14-18-12-16(2)25-29-18/h4,6,12-13,15,24H,3,5,7-11,14H2,1-2H3. The van der Waals surface area contributed by atoms with Crippen LogP contribution in [0.4, 0.5) is 0 Å². The highest BCUT2D eigenvalue weighted by molar-refractivity contribution is 5.99. The Morgan fingerprint density at radius 3 is 2.83 bits per heavy atom. The second-order valence-electron chi connectivity index (χ2n) is 8.69. The minimum absolute atomic E-state index is 0.140. The van der Waals surface area contributed by atoms with E-state index in [0.717, 1.165) is 68.1 Å². The van der Waals surface area contributed by atoms with Crippen molar-refractivity contribution in [3.8, 4) is 0 Å². The zero-order valence-electron chi connectivity index (χ0n) is 17.2. The van der Waals surface area contributed by atoms with Crippen LogP contribution in [-0.2, 0) is 19.4 Å². The van der Waals surface area contributed by atoms with Gasteiger partial charge in [-0.05, 0) is 55.9 Å². The third kappa shape index (κ3) is 3.57. The Bertz CT molecular complexity index is 1040. The molecule has 1 saturated heterocycles. The number of nitrogens with zero attached hydrogens (tertiary/aromatic N) is 3. The summed E-state index contributed by atoms with van der Waals surface area (Å²) in [4.78, 5) is 21.0. The molecule has 1 N–H and O–H groups in total. The summed E-state index contributed by atoms with van der Waals surface area (Å²) in [5.41, 5.74) is 5.65. The molecule has 6 nitrogen and oxygen atoms in total. The van der Waals surface area contributed by atoms with E-state index in [4.69, 9.17) is 4.52 Å². The number of nitrogens with one attached hydrogen (secondary N) is 1. The van der Waals surface area contributed by atoms with Gasteiger partial charge in [0.05, 0.1) is 12.2 Å². The van der Waals surface area contributed by atoms with Gasteiger partial charge in [0.25, 0.3) is 5.91 Å². The number of aromatic amines is 1. The van der Waals surface area contributed by atoms with Crippen LogP contribution < -0.4 is 0 Å². The molecule has 2 aliphatic rings. The van der Waals surface area contributed by atoms with Crippen molar-refractivity contribution in [1.29, 1.82) is 0 Å². The van der Waals surface area contributed by atoms with Gasteiger partial charge in [0.2, 0.25) is 0 Å². The number of aromatic nitrogens is 2. The molecule has 3 aromatic rings. The Kier molecular flexibility index (Phi) is 4.66. The molecule has 2 aromatic heterocycles. The maximum absolute atomic E-state index is 13.1. The van der Waals surface area contributed by atoms with E-state index >= 15 is 0 Å². The summed E-state index contributed by atoms with van der Waals surface area (Å²) in [5, 5.41) is 5.18. The van der Waals surface area contributed by atoms with Crippen molar-refractivity contribution in [1.82, 2.24) is 19.9 Å². The normalized spacial score (nSPS) is 20.2. The predicted molar refractivity (Wildman–Crippen MR) is 112 cm³/mol. The molecule has 3 heterocycles. The molecular formula is C23H28N4O2. The van der Waals surface area contributed by atoms with Crippen LogP contribution in [0.1, 0.15) is 46.4 Å². The molecule has 1 atom stereocenters. The third-order valence-electron chi connectivity index (χ3n) is 6.40. The number of H-pyrrole nitrogens is 1. The van der Waals surface area contributed by atoms with E-state index in [1.165, 1.54) is 23.1 Å². The van der Waals surface area contributed by atoms with Crippen molar-refractivity contribution in [2.24, 2.45) is 5.92 Å². The first-order valence-electron chi connectivity index (χ1n) is 10.6. The van der Waals surface area contributed by atoms with Gasteiger partial charge >= 0.3 is 0 Å². The molecule has 29 heavy (non-hydrogen) atoms. The maximum atomic E-state index is 13.1. The van der Waals surface area contributed by atoms with Crippen molar-refractivity contribution in [2.45, 2.75) is 39.7 Å². The van der Waals surface area contributed by atoms with Crippen molar-refractivity contribution >= 4 is 16.8 Å². The highest BCUT2D eigenvalue weighted by Gasteiger charge is 2.25. The van der Waals surface area contributed by atoms with Crippen molar-refractivity contribution in [3.63, 3.8) is 0 Å². The van der Waals surface area contributed by atoms with E-state index in [0.29, 0.717) is 5.92 Å². The second kappa shape index (κ2) is 7.34. The molecule has 1 fully saturated rings. The van der Waals surface area contributed by atoms with Crippen molar-refractivity contribution in [3.05, 3.63) is 52.5 Å². The number of amides is 1. The first-order valence-corrected chi connectivity index (χ1v) is 10.6. The minimum atomic E-state index is 0.140.